The highest BCUT2D eigenvalue weighted by Gasteiger charge is 2.20. The van der Waals surface area contributed by atoms with Gasteiger partial charge in [0.05, 0.1) is 0 Å². The van der Waals surface area contributed by atoms with Crippen molar-refractivity contribution in [2.24, 2.45) is 0 Å². The SMILES string of the molecule is Cc1nnc(NCC2CCCN2C)s1. The summed E-state index contributed by atoms with van der Waals surface area (Å²) in [4.78, 5) is 2.40. The molecule has 0 radical (unpaired) electrons. The van der Waals surface area contributed by atoms with Crippen LogP contribution in [0.5, 0.6) is 0 Å². The molecule has 1 atom stereocenters. The summed E-state index contributed by atoms with van der Waals surface area (Å²) < 4.78 is 0. The second-order valence-electron chi connectivity index (χ2n) is 3.78. The summed E-state index contributed by atoms with van der Waals surface area (Å²) in [5.41, 5.74) is 0. The van der Waals surface area contributed by atoms with Crippen LogP contribution in [0.1, 0.15) is 17.8 Å². The van der Waals surface area contributed by atoms with Gasteiger partial charge in [-0.25, -0.2) is 0 Å². The van der Waals surface area contributed by atoms with Gasteiger partial charge in [0.25, 0.3) is 0 Å². The van der Waals surface area contributed by atoms with Crippen LogP contribution in [0.25, 0.3) is 0 Å². The Labute approximate surface area is 88.3 Å². The van der Waals surface area contributed by atoms with Gasteiger partial charge in [0.15, 0.2) is 0 Å². The minimum absolute atomic E-state index is 0.666. The molecule has 1 fully saturated rings. The van der Waals surface area contributed by atoms with E-state index in [2.05, 4.69) is 27.5 Å². The lowest BCUT2D eigenvalue weighted by Crippen LogP contribution is -2.31. The maximum Gasteiger partial charge on any atom is 0.205 e. The predicted molar refractivity (Wildman–Crippen MR) is 58.8 cm³/mol. The van der Waals surface area contributed by atoms with E-state index in [4.69, 9.17) is 0 Å². The van der Waals surface area contributed by atoms with Gasteiger partial charge < -0.3 is 10.2 Å². The summed E-state index contributed by atoms with van der Waals surface area (Å²) in [6.45, 7) is 4.19. The summed E-state index contributed by atoms with van der Waals surface area (Å²) in [6, 6.07) is 0.666. The number of anilines is 1. The topological polar surface area (TPSA) is 41.1 Å². The highest BCUT2D eigenvalue weighted by molar-refractivity contribution is 7.15. The number of likely N-dealkylation sites (tertiary alicyclic amines) is 1. The molecule has 1 aliphatic heterocycles. The van der Waals surface area contributed by atoms with Crippen molar-refractivity contribution < 1.29 is 0 Å². The predicted octanol–water partition coefficient (Wildman–Crippen LogP) is 1.35. The van der Waals surface area contributed by atoms with E-state index >= 15 is 0 Å². The first kappa shape index (κ1) is 9.86. The number of aryl methyl sites for hydroxylation is 1. The van der Waals surface area contributed by atoms with Gasteiger partial charge >= 0.3 is 0 Å². The van der Waals surface area contributed by atoms with E-state index in [0.29, 0.717) is 6.04 Å². The Bertz CT molecular complexity index is 299. The second-order valence-corrected chi connectivity index (χ2v) is 4.97. The molecule has 14 heavy (non-hydrogen) atoms. The highest BCUT2D eigenvalue weighted by atomic mass is 32.1. The van der Waals surface area contributed by atoms with Gasteiger partial charge in [-0.1, -0.05) is 11.3 Å². The highest BCUT2D eigenvalue weighted by Crippen LogP contribution is 2.17. The number of hydrogen-bond acceptors (Lipinski definition) is 5. The number of nitrogens with zero attached hydrogens (tertiary/aromatic N) is 3. The van der Waals surface area contributed by atoms with Crippen LogP contribution < -0.4 is 5.32 Å². The number of aromatic nitrogens is 2. The number of hydrogen-bond donors (Lipinski definition) is 1. The minimum Gasteiger partial charge on any atom is -0.359 e. The van der Waals surface area contributed by atoms with Gasteiger partial charge in [-0.2, -0.15) is 0 Å². The first-order valence-corrected chi connectivity index (χ1v) is 5.81. The van der Waals surface area contributed by atoms with Gasteiger partial charge in [0.2, 0.25) is 5.13 Å². The molecule has 0 aliphatic carbocycles. The fraction of sp³-hybridized carbons (Fsp3) is 0.778. The largest absolute Gasteiger partial charge is 0.359 e. The van der Waals surface area contributed by atoms with Gasteiger partial charge in [-0.3, -0.25) is 0 Å². The third kappa shape index (κ3) is 2.22. The molecule has 0 saturated carbocycles. The molecule has 4 nitrogen and oxygen atoms in total. The Morgan fingerprint density at radius 1 is 1.57 bits per heavy atom. The van der Waals surface area contributed by atoms with Crippen molar-refractivity contribution in [3.63, 3.8) is 0 Å². The standard InChI is InChI=1S/C9H16N4S/c1-7-11-12-9(14-7)10-6-8-4-3-5-13(8)2/h8H,3-6H2,1-2H3,(H,10,12). The van der Waals surface area contributed by atoms with Crippen LogP contribution in [0.3, 0.4) is 0 Å². The van der Waals surface area contributed by atoms with Gasteiger partial charge in [-0.15, -0.1) is 10.2 Å². The van der Waals surface area contributed by atoms with E-state index in [1.807, 2.05) is 6.92 Å². The molecular weight excluding hydrogens is 196 g/mol. The van der Waals surface area contributed by atoms with Crippen molar-refractivity contribution in [1.29, 1.82) is 0 Å². The smallest absolute Gasteiger partial charge is 0.205 e. The first-order chi connectivity index (χ1) is 6.75. The summed E-state index contributed by atoms with van der Waals surface area (Å²) >= 11 is 1.62. The van der Waals surface area contributed by atoms with Crippen molar-refractivity contribution in [1.82, 2.24) is 15.1 Å². The average molecular weight is 212 g/mol. The van der Waals surface area contributed by atoms with Crippen LogP contribution in [-0.4, -0.2) is 41.3 Å². The third-order valence-electron chi connectivity index (χ3n) is 2.69. The van der Waals surface area contributed by atoms with Crippen molar-refractivity contribution in [3.8, 4) is 0 Å². The number of likely N-dealkylation sites (N-methyl/N-ethyl adjacent to an activating group) is 1. The van der Waals surface area contributed by atoms with E-state index in [9.17, 15) is 0 Å². The maximum absolute atomic E-state index is 4.04. The Balaban J connectivity index is 1.82. The van der Waals surface area contributed by atoms with Crippen LogP contribution in [0.15, 0.2) is 0 Å². The Kier molecular flexibility index (Phi) is 2.98. The van der Waals surface area contributed by atoms with Crippen LogP contribution in [0, 0.1) is 6.92 Å². The zero-order valence-corrected chi connectivity index (χ0v) is 9.47. The molecule has 1 aliphatic rings. The first-order valence-electron chi connectivity index (χ1n) is 5.00. The van der Waals surface area contributed by atoms with Crippen molar-refractivity contribution in [3.05, 3.63) is 5.01 Å². The van der Waals surface area contributed by atoms with Crippen molar-refractivity contribution >= 4 is 16.5 Å². The minimum atomic E-state index is 0.666. The van der Waals surface area contributed by atoms with Gasteiger partial charge in [0.1, 0.15) is 5.01 Å². The lowest BCUT2D eigenvalue weighted by molar-refractivity contribution is 0.322. The fourth-order valence-electron chi connectivity index (χ4n) is 1.81. The fourth-order valence-corrected chi connectivity index (χ4v) is 2.41. The Hall–Kier alpha value is -0.680. The Morgan fingerprint density at radius 2 is 2.43 bits per heavy atom. The molecule has 0 bridgehead atoms. The number of nitrogens with one attached hydrogen (secondary N) is 1. The summed E-state index contributed by atoms with van der Waals surface area (Å²) in [5.74, 6) is 0. The van der Waals surface area contributed by atoms with E-state index in [-0.39, 0.29) is 0 Å². The van der Waals surface area contributed by atoms with Crippen molar-refractivity contribution in [2.75, 3.05) is 25.5 Å². The maximum atomic E-state index is 4.04. The third-order valence-corrected chi connectivity index (χ3v) is 3.48. The molecule has 1 aromatic heterocycles. The Morgan fingerprint density at radius 3 is 3.00 bits per heavy atom. The quantitative estimate of drug-likeness (QED) is 0.821. The molecule has 2 heterocycles. The normalized spacial score (nSPS) is 22.9. The van der Waals surface area contributed by atoms with Crippen LogP contribution >= 0.6 is 11.3 Å². The molecule has 0 amide bonds. The van der Waals surface area contributed by atoms with Gasteiger partial charge in [-0.05, 0) is 33.4 Å². The van der Waals surface area contributed by atoms with E-state index in [1.54, 1.807) is 11.3 Å². The van der Waals surface area contributed by atoms with Crippen molar-refractivity contribution in [2.45, 2.75) is 25.8 Å². The molecule has 1 unspecified atom stereocenters. The van der Waals surface area contributed by atoms with Crippen LogP contribution in [0.4, 0.5) is 5.13 Å². The average Bonchev–Trinajstić information content (AvgIpc) is 2.72. The van der Waals surface area contributed by atoms with Crippen LogP contribution in [0.2, 0.25) is 0 Å². The van der Waals surface area contributed by atoms with E-state index < -0.39 is 0 Å². The van der Waals surface area contributed by atoms with E-state index in [0.717, 1.165) is 16.7 Å². The molecule has 78 valence electrons. The zero-order chi connectivity index (χ0) is 9.97. The van der Waals surface area contributed by atoms with Crippen LogP contribution in [-0.2, 0) is 0 Å². The molecule has 2 rings (SSSR count). The molecule has 0 aromatic carbocycles. The lowest BCUT2D eigenvalue weighted by Gasteiger charge is -2.18. The molecule has 5 heteroatoms. The lowest BCUT2D eigenvalue weighted by atomic mass is 10.2. The molecule has 0 spiro atoms. The van der Waals surface area contributed by atoms with E-state index in [1.165, 1.54) is 19.4 Å². The number of rotatable bonds is 3. The summed E-state index contributed by atoms with van der Waals surface area (Å²) in [7, 11) is 2.19. The zero-order valence-electron chi connectivity index (χ0n) is 8.66. The summed E-state index contributed by atoms with van der Waals surface area (Å²) in [5, 5.41) is 13.3. The monoisotopic (exact) mass is 212 g/mol. The second kappa shape index (κ2) is 4.23. The molecular formula is C9H16N4S. The molecule has 1 N–H and O–H groups in total. The van der Waals surface area contributed by atoms with Gasteiger partial charge in [0, 0.05) is 12.6 Å². The molecule has 1 aromatic rings. The molecule has 1 saturated heterocycles. The summed E-state index contributed by atoms with van der Waals surface area (Å²) in [6.07, 6.45) is 2.61.